The van der Waals surface area contributed by atoms with E-state index >= 15 is 0 Å². The number of nitrogens with zero attached hydrogens (tertiary/aromatic N) is 2. The molecule has 0 N–H and O–H groups in total. The lowest BCUT2D eigenvalue weighted by Crippen LogP contribution is -2.31. The van der Waals surface area contributed by atoms with Gasteiger partial charge in [0.25, 0.3) is 0 Å². The molecule has 0 unspecified atom stereocenters. The Kier molecular flexibility index (Phi) is 5.88. The number of para-hydroxylation sites is 1. The Morgan fingerprint density at radius 2 is 1.90 bits per heavy atom. The number of amides is 1. The molecule has 0 spiro atoms. The number of fused-ring (bicyclic) bond motifs is 1. The monoisotopic (exact) mass is 458 g/mol. The molecule has 2 aromatic heterocycles. The van der Waals surface area contributed by atoms with Crippen molar-refractivity contribution < 1.29 is 22.0 Å². The van der Waals surface area contributed by atoms with Gasteiger partial charge >= 0.3 is 0 Å². The number of benzene rings is 2. The molecule has 0 atom stereocenters. The summed E-state index contributed by atoms with van der Waals surface area (Å²) >= 11 is 1.16. The molecule has 6 nitrogen and oxygen atoms in total. The predicted molar refractivity (Wildman–Crippen MR) is 117 cm³/mol. The second-order valence-corrected chi connectivity index (χ2v) is 10.1. The van der Waals surface area contributed by atoms with Crippen molar-refractivity contribution in [3.63, 3.8) is 0 Å². The minimum absolute atomic E-state index is 0.0673. The molecule has 0 aliphatic heterocycles. The summed E-state index contributed by atoms with van der Waals surface area (Å²) < 4.78 is 45.4. The second-order valence-electron chi connectivity index (χ2n) is 7.02. The fourth-order valence-electron chi connectivity index (χ4n) is 3.06. The van der Waals surface area contributed by atoms with Gasteiger partial charge in [0.2, 0.25) is 5.91 Å². The van der Waals surface area contributed by atoms with Gasteiger partial charge in [0, 0.05) is 6.42 Å². The van der Waals surface area contributed by atoms with E-state index in [1.807, 2.05) is 6.92 Å². The molecule has 0 fully saturated rings. The van der Waals surface area contributed by atoms with Gasteiger partial charge in [0.15, 0.2) is 15.0 Å². The average Bonchev–Trinajstić information content (AvgIpc) is 3.41. The Balaban J connectivity index is 1.59. The number of carbonyl (C=O) groups excluding carboxylic acids is 1. The molecule has 2 aromatic carbocycles. The number of aromatic nitrogens is 1. The first kappa shape index (κ1) is 21.2. The quantitative estimate of drug-likeness (QED) is 0.400. The lowest BCUT2D eigenvalue weighted by atomic mass is 10.2. The van der Waals surface area contributed by atoms with Crippen LogP contribution in [0, 0.1) is 12.7 Å². The molecule has 31 heavy (non-hydrogen) atoms. The summed E-state index contributed by atoms with van der Waals surface area (Å²) in [6, 6.07) is 14.5. The first-order chi connectivity index (χ1) is 14.8. The lowest BCUT2D eigenvalue weighted by Gasteiger charge is -2.18. The van der Waals surface area contributed by atoms with Crippen molar-refractivity contribution in [1.82, 2.24) is 4.98 Å². The molecule has 0 saturated heterocycles. The van der Waals surface area contributed by atoms with Crippen LogP contribution in [-0.2, 0) is 21.2 Å². The molecule has 0 saturated carbocycles. The Morgan fingerprint density at radius 1 is 1.13 bits per heavy atom. The maximum absolute atomic E-state index is 14.1. The van der Waals surface area contributed by atoms with E-state index in [4.69, 9.17) is 4.42 Å². The molecule has 2 heterocycles. The number of furan rings is 1. The van der Waals surface area contributed by atoms with Gasteiger partial charge in [0.1, 0.15) is 17.1 Å². The third-order valence-corrected chi connectivity index (χ3v) is 7.52. The molecule has 0 radical (unpaired) electrons. The highest BCUT2D eigenvalue weighted by atomic mass is 32.2. The zero-order valence-electron chi connectivity index (χ0n) is 16.6. The Labute approximate surface area is 182 Å². The van der Waals surface area contributed by atoms with Crippen molar-refractivity contribution in [2.45, 2.75) is 24.8 Å². The third-order valence-electron chi connectivity index (χ3n) is 4.75. The van der Waals surface area contributed by atoms with Gasteiger partial charge in [-0.1, -0.05) is 35.1 Å². The van der Waals surface area contributed by atoms with E-state index in [9.17, 15) is 17.6 Å². The molecule has 1 amide bonds. The van der Waals surface area contributed by atoms with Gasteiger partial charge in [-0.05, 0) is 43.3 Å². The van der Waals surface area contributed by atoms with Gasteiger partial charge in [0.05, 0.1) is 28.2 Å². The number of sulfone groups is 1. The molecule has 9 heteroatoms. The number of thiazole rings is 1. The lowest BCUT2D eigenvalue weighted by molar-refractivity contribution is -0.118. The largest absolute Gasteiger partial charge is 0.467 e. The molecule has 0 aliphatic rings. The summed E-state index contributed by atoms with van der Waals surface area (Å²) in [4.78, 5) is 18.9. The summed E-state index contributed by atoms with van der Waals surface area (Å²) in [6.07, 6.45) is 1.24. The summed E-state index contributed by atoms with van der Waals surface area (Å²) in [5.74, 6) is -0.753. The van der Waals surface area contributed by atoms with Crippen molar-refractivity contribution in [3.8, 4) is 0 Å². The van der Waals surface area contributed by atoms with E-state index in [1.54, 1.807) is 36.4 Å². The predicted octanol–water partition coefficient (Wildman–Crippen LogP) is 4.73. The number of carbonyl (C=O) groups is 1. The molecule has 4 rings (SSSR count). The van der Waals surface area contributed by atoms with Crippen LogP contribution in [0.15, 0.2) is 70.2 Å². The van der Waals surface area contributed by atoms with Crippen LogP contribution >= 0.6 is 11.3 Å². The topological polar surface area (TPSA) is 80.5 Å². The fraction of sp³-hybridized carbons (Fsp3) is 0.182. The molecular formula is C22H19FN2O4S2. The average molecular weight is 459 g/mol. The van der Waals surface area contributed by atoms with Gasteiger partial charge < -0.3 is 4.42 Å². The van der Waals surface area contributed by atoms with Gasteiger partial charge in [-0.15, -0.1) is 0 Å². The molecule has 4 aromatic rings. The van der Waals surface area contributed by atoms with E-state index in [0.717, 1.165) is 16.9 Å². The maximum Gasteiger partial charge on any atom is 0.230 e. The first-order valence-electron chi connectivity index (χ1n) is 9.51. The van der Waals surface area contributed by atoms with Crippen LogP contribution in [0.25, 0.3) is 10.2 Å². The number of hydrogen-bond acceptors (Lipinski definition) is 6. The Morgan fingerprint density at radius 3 is 2.58 bits per heavy atom. The number of rotatable bonds is 7. The van der Waals surface area contributed by atoms with Crippen LogP contribution in [0.1, 0.15) is 17.7 Å². The Hall–Kier alpha value is -3.04. The standard InChI is InChI=1S/C22H19FN2O4S2/c1-15-7-9-17(10-8-15)31(27,28)13-11-20(26)25(14-16-4-3-12-29-16)22-24-21-18(23)5-2-6-19(21)30-22/h2-10,12H,11,13-14H2,1H3. The van der Waals surface area contributed by atoms with Crippen molar-refractivity contribution in [3.05, 3.63) is 78.0 Å². The Bertz CT molecular complexity index is 1310. The molecule has 160 valence electrons. The zero-order valence-corrected chi connectivity index (χ0v) is 18.2. The fourth-order valence-corrected chi connectivity index (χ4v) is 5.29. The van der Waals surface area contributed by atoms with Crippen LogP contribution in [0.5, 0.6) is 0 Å². The van der Waals surface area contributed by atoms with Crippen LogP contribution in [0.4, 0.5) is 9.52 Å². The molecular weight excluding hydrogens is 439 g/mol. The van der Waals surface area contributed by atoms with Crippen molar-refractivity contribution >= 4 is 42.4 Å². The number of halogens is 1. The van der Waals surface area contributed by atoms with Crippen LogP contribution in [0.2, 0.25) is 0 Å². The van der Waals surface area contributed by atoms with Crippen LogP contribution in [0.3, 0.4) is 0 Å². The highest BCUT2D eigenvalue weighted by molar-refractivity contribution is 7.91. The maximum atomic E-state index is 14.1. The van der Waals surface area contributed by atoms with Gasteiger partial charge in [-0.3, -0.25) is 9.69 Å². The van der Waals surface area contributed by atoms with Gasteiger partial charge in [-0.25, -0.2) is 17.8 Å². The second kappa shape index (κ2) is 8.60. The van der Waals surface area contributed by atoms with Crippen molar-refractivity contribution in [2.75, 3.05) is 10.7 Å². The minimum Gasteiger partial charge on any atom is -0.467 e. The molecule has 0 aliphatic carbocycles. The van der Waals surface area contributed by atoms with E-state index in [-0.39, 0.29) is 34.3 Å². The normalized spacial score (nSPS) is 11.7. The van der Waals surface area contributed by atoms with E-state index in [1.165, 1.54) is 29.4 Å². The summed E-state index contributed by atoms with van der Waals surface area (Å²) in [6.45, 7) is 1.94. The van der Waals surface area contributed by atoms with E-state index in [2.05, 4.69) is 4.98 Å². The van der Waals surface area contributed by atoms with Crippen LogP contribution in [-0.4, -0.2) is 25.1 Å². The summed E-state index contributed by atoms with van der Waals surface area (Å²) in [5, 5.41) is 0.286. The van der Waals surface area contributed by atoms with Crippen molar-refractivity contribution in [2.24, 2.45) is 0 Å². The smallest absolute Gasteiger partial charge is 0.230 e. The van der Waals surface area contributed by atoms with E-state index < -0.39 is 21.6 Å². The minimum atomic E-state index is -3.63. The summed E-state index contributed by atoms with van der Waals surface area (Å²) in [5.41, 5.74) is 1.12. The number of aryl methyl sites for hydroxylation is 1. The van der Waals surface area contributed by atoms with Crippen molar-refractivity contribution in [1.29, 1.82) is 0 Å². The highest BCUT2D eigenvalue weighted by Gasteiger charge is 2.24. The molecule has 0 bridgehead atoms. The third kappa shape index (κ3) is 4.67. The highest BCUT2D eigenvalue weighted by Crippen LogP contribution is 2.31. The van der Waals surface area contributed by atoms with E-state index in [0.29, 0.717) is 10.5 Å². The van der Waals surface area contributed by atoms with Crippen LogP contribution < -0.4 is 4.90 Å². The SMILES string of the molecule is Cc1ccc(S(=O)(=O)CCC(=O)N(Cc2ccco2)c2nc3c(F)cccc3s2)cc1. The summed E-state index contributed by atoms with van der Waals surface area (Å²) in [7, 11) is -3.63. The zero-order chi connectivity index (χ0) is 22.0. The first-order valence-corrected chi connectivity index (χ1v) is 12.0. The number of hydrogen-bond donors (Lipinski definition) is 0. The van der Waals surface area contributed by atoms with Gasteiger partial charge in [-0.2, -0.15) is 0 Å². The number of anilines is 1.